The minimum absolute atomic E-state index is 0.350. The predicted molar refractivity (Wildman–Crippen MR) is 92.2 cm³/mol. The Hall–Kier alpha value is -2.92. The normalized spacial score (nSPS) is 10.8. The van der Waals surface area contributed by atoms with Crippen molar-refractivity contribution >= 4 is 41.4 Å². The first-order chi connectivity index (χ1) is 11.2. The molecule has 2 amide bonds. The van der Waals surface area contributed by atoms with Crippen molar-refractivity contribution in [3.63, 3.8) is 0 Å². The zero-order valence-corrected chi connectivity index (χ0v) is 12.8. The van der Waals surface area contributed by atoms with Crippen LogP contribution in [0.15, 0.2) is 65.8 Å². The van der Waals surface area contributed by atoms with Gasteiger partial charge in [-0.2, -0.15) is 5.10 Å². The zero-order chi connectivity index (χ0) is 16.5. The fourth-order valence-electron chi connectivity index (χ4n) is 1.65. The molecule has 0 aliphatic carbocycles. The van der Waals surface area contributed by atoms with E-state index in [0.29, 0.717) is 10.7 Å². The molecule has 0 unspecified atom stereocenters. The molecular weight excluding hydrogens is 314 g/mol. The maximum absolute atomic E-state index is 11.7. The van der Waals surface area contributed by atoms with Gasteiger partial charge in [0.2, 0.25) is 0 Å². The van der Waals surface area contributed by atoms with Gasteiger partial charge >= 0.3 is 11.8 Å². The summed E-state index contributed by atoms with van der Waals surface area (Å²) in [6.45, 7) is 0. The minimum Gasteiger partial charge on any atom is -0.316 e. The highest BCUT2D eigenvalue weighted by Crippen LogP contribution is 2.20. The number of benzene rings is 2. The highest BCUT2D eigenvalue weighted by atomic mass is 35.5. The molecule has 116 valence electrons. The molecule has 23 heavy (non-hydrogen) atoms. The largest absolute Gasteiger partial charge is 0.329 e. The number of carbonyl (C=O) groups is 2. The summed E-state index contributed by atoms with van der Waals surface area (Å²) in [4.78, 5) is 23.3. The van der Waals surface area contributed by atoms with E-state index >= 15 is 0 Å². The number of para-hydroxylation sites is 1. The summed E-state index contributed by atoms with van der Waals surface area (Å²) in [5, 5.41) is 6.42. The lowest BCUT2D eigenvalue weighted by Crippen LogP contribution is -2.32. The van der Waals surface area contributed by atoms with E-state index in [1.807, 2.05) is 36.4 Å². The Morgan fingerprint density at radius 2 is 1.65 bits per heavy atom. The molecule has 0 aromatic heterocycles. The van der Waals surface area contributed by atoms with E-state index in [0.717, 1.165) is 5.56 Å². The number of allylic oxidation sites excluding steroid dienone is 1. The van der Waals surface area contributed by atoms with Crippen molar-refractivity contribution in [3.8, 4) is 0 Å². The van der Waals surface area contributed by atoms with Gasteiger partial charge in [-0.1, -0.05) is 60.1 Å². The number of amides is 2. The van der Waals surface area contributed by atoms with Crippen LogP contribution in [0.4, 0.5) is 5.69 Å². The second-order valence-corrected chi connectivity index (χ2v) is 4.83. The van der Waals surface area contributed by atoms with E-state index < -0.39 is 11.8 Å². The lowest BCUT2D eigenvalue weighted by atomic mass is 10.2. The van der Waals surface area contributed by atoms with Crippen LogP contribution in [0.1, 0.15) is 5.56 Å². The number of nitrogens with zero attached hydrogens (tertiary/aromatic N) is 1. The summed E-state index contributed by atoms with van der Waals surface area (Å²) in [7, 11) is 0. The minimum atomic E-state index is -0.880. The first kappa shape index (κ1) is 16.5. The topological polar surface area (TPSA) is 70.6 Å². The van der Waals surface area contributed by atoms with Crippen LogP contribution in [0, 0.1) is 0 Å². The Morgan fingerprint density at radius 1 is 0.957 bits per heavy atom. The van der Waals surface area contributed by atoms with Crippen molar-refractivity contribution in [2.75, 3.05) is 5.32 Å². The van der Waals surface area contributed by atoms with Crippen molar-refractivity contribution < 1.29 is 9.59 Å². The summed E-state index contributed by atoms with van der Waals surface area (Å²) in [6.07, 6.45) is 4.86. The molecule has 5 nitrogen and oxygen atoms in total. The molecule has 0 aliphatic rings. The van der Waals surface area contributed by atoms with Crippen LogP contribution in [-0.4, -0.2) is 18.0 Å². The van der Waals surface area contributed by atoms with Crippen LogP contribution in [-0.2, 0) is 9.59 Å². The Bertz CT molecular complexity index is 743. The second kappa shape index (κ2) is 8.51. The molecule has 0 fully saturated rings. The highest BCUT2D eigenvalue weighted by molar-refractivity contribution is 6.41. The molecule has 0 bridgehead atoms. The molecule has 0 atom stereocenters. The quantitative estimate of drug-likeness (QED) is 0.514. The number of halogens is 1. The Labute approximate surface area is 138 Å². The number of nitrogens with one attached hydrogen (secondary N) is 2. The number of rotatable bonds is 4. The molecule has 6 heteroatoms. The molecule has 0 aliphatic heterocycles. The van der Waals surface area contributed by atoms with Gasteiger partial charge in [0.25, 0.3) is 0 Å². The van der Waals surface area contributed by atoms with Crippen molar-refractivity contribution in [2.24, 2.45) is 5.10 Å². The summed E-state index contributed by atoms with van der Waals surface area (Å²) >= 11 is 5.89. The van der Waals surface area contributed by atoms with Gasteiger partial charge < -0.3 is 5.32 Å². The summed E-state index contributed by atoms with van der Waals surface area (Å²) in [5.74, 6) is -1.73. The highest BCUT2D eigenvalue weighted by Gasteiger charge is 2.13. The molecular formula is C17H14ClN3O2. The third-order valence-electron chi connectivity index (χ3n) is 2.74. The van der Waals surface area contributed by atoms with Crippen molar-refractivity contribution in [3.05, 3.63) is 71.3 Å². The molecule has 2 aromatic rings. The SMILES string of the molecule is O=C(N/N=C\C=C\c1ccccc1)C(=O)Nc1ccccc1Cl. The van der Waals surface area contributed by atoms with Crippen LogP contribution in [0.3, 0.4) is 0 Å². The smallest absolute Gasteiger partial charge is 0.316 e. The fourth-order valence-corrected chi connectivity index (χ4v) is 1.83. The Kier molecular flexibility index (Phi) is 6.08. The molecule has 0 saturated carbocycles. The number of hydrogen-bond donors (Lipinski definition) is 2. The number of anilines is 1. The van der Waals surface area contributed by atoms with E-state index in [2.05, 4.69) is 15.8 Å². The standard InChI is InChI=1S/C17H14ClN3O2/c18-14-10-4-5-11-15(14)20-16(22)17(23)21-19-12-6-9-13-7-2-1-3-8-13/h1-12H,(H,20,22)(H,21,23)/b9-6+,19-12-. The summed E-state index contributed by atoms with van der Waals surface area (Å²) < 4.78 is 0. The van der Waals surface area contributed by atoms with E-state index in [-0.39, 0.29) is 0 Å². The predicted octanol–water partition coefficient (Wildman–Crippen LogP) is 3.09. The zero-order valence-electron chi connectivity index (χ0n) is 12.1. The van der Waals surface area contributed by atoms with Crippen molar-refractivity contribution in [2.45, 2.75) is 0 Å². The summed E-state index contributed by atoms with van der Waals surface area (Å²) in [6, 6.07) is 16.2. The average molecular weight is 328 g/mol. The number of hydrazone groups is 1. The lowest BCUT2D eigenvalue weighted by Gasteiger charge is -2.05. The molecule has 0 heterocycles. The van der Waals surface area contributed by atoms with Gasteiger partial charge in [-0.15, -0.1) is 0 Å². The van der Waals surface area contributed by atoms with Gasteiger partial charge in [0, 0.05) is 6.21 Å². The summed E-state index contributed by atoms with van der Waals surface area (Å²) in [5.41, 5.74) is 3.50. The molecule has 0 spiro atoms. The van der Waals surface area contributed by atoms with E-state index in [1.165, 1.54) is 6.21 Å². The second-order valence-electron chi connectivity index (χ2n) is 4.42. The monoisotopic (exact) mass is 327 g/mol. The Morgan fingerprint density at radius 3 is 2.39 bits per heavy atom. The molecule has 0 radical (unpaired) electrons. The van der Waals surface area contributed by atoms with Gasteiger partial charge in [-0.25, -0.2) is 5.43 Å². The van der Waals surface area contributed by atoms with Gasteiger partial charge in [-0.05, 0) is 23.8 Å². The van der Waals surface area contributed by atoms with Crippen LogP contribution in [0.2, 0.25) is 5.02 Å². The molecule has 2 rings (SSSR count). The molecule has 2 aromatic carbocycles. The third kappa shape index (κ3) is 5.41. The van der Waals surface area contributed by atoms with Crippen LogP contribution < -0.4 is 10.7 Å². The van der Waals surface area contributed by atoms with E-state index in [1.54, 1.807) is 30.3 Å². The number of hydrogen-bond acceptors (Lipinski definition) is 3. The maximum atomic E-state index is 11.7. The van der Waals surface area contributed by atoms with Gasteiger partial charge in [0.05, 0.1) is 10.7 Å². The number of carbonyl (C=O) groups excluding carboxylic acids is 2. The average Bonchev–Trinajstić information content (AvgIpc) is 2.57. The third-order valence-corrected chi connectivity index (χ3v) is 3.07. The van der Waals surface area contributed by atoms with Crippen molar-refractivity contribution in [1.82, 2.24) is 5.43 Å². The Balaban J connectivity index is 1.82. The molecule has 0 saturated heterocycles. The van der Waals surface area contributed by atoms with Gasteiger partial charge in [-0.3, -0.25) is 9.59 Å². The first-order valence-corrected chi connectivity index (χ1v) is 7.15. The van der Waals surface area contributed by atoms with E-state index in [4.69, 9.17) is 11.6 Å². The van der Waals surface area contributed by atoms with Crippen LogP contribution >= 0.6 is 11.6 Å². The lowest BCUT2D eigenvalue weighted by molar-refractivity contribution is -0.136. The van der Waals surface area contributed by atoms with Crippen LogP contribution in [0.25, 0.3) is 6.08 Å². The van der Waals surface area contributed by atoms with Gasteiger partial charge in [0.1, 0.15) is 0 Å². The van der Waals surface area contributed by atoms with Gasteiger partial charge in [0.15, 0.2) is 0 Å². The van der Waals surface area contributed by atoms with E-state index in [9.17, 15) is 9.59 Å². The van der Waals surface area contributed by atoms with Crippen LogP contribution in [0.5, 0.6) is 0 Å². The molecule has 2 N–H and O–H groups in total. The van der Waals surface area contributed by atoms with Crippen molar-refractivity contribution in [1.29, 1.82) is 0 Å². The fraction of sp³-hybridized carbons (Fsp3) is 0. The maximum Gasteiger partial charge on any atom is 0.329 e. The first-order valence-electron chi connectivity index (χ1n) is 6.77.